The Hall–Kier alpha value is -2.43. The fourth-order valence-electron chi connectivity index (χ4n) is 4.08. The Bertz CT molecular complexity index is 794. The number of nitrogens with one attached hydrogen (secondary N) is 1. The first-order chi connectivity index (χ1) is 12.1. The molecule has 1 aromatic carbocycles. The summed E-state index contributed by atoms with van der Waals surface area (Å²) in [6.45, 7) is 2.28. The maximum absolute atomic E-state index is 11.7. The summed E-state index contributed by atoms with van der Waals surface area (Å²) < 4.78 is 2.07. The molecule has 1 saturated heterocycles. The van der Waals surface area contributed by atoms with Gasteiger partial charge in [0, 0.05) is 18.5 Å². The molecule has 2 aliphatic rings. The molecule has 1 aliphatic carbocycles. The molecule has 0 bridgehead atoms. The minimum Gasteiger partial charge on any atom is -0.296 e. The number of imide groups is 1. The van der Waals surface area contributed by atoms with Crippen LogP contribution in [-0.2, 0) is 28.9 Å². The number of hydrogen-bond donors (Lipinski definition) is 1. The SMILES string of the molecule is C[C@@H]1CCc2c(c(CC3CC(=O)NC(=O)C3)nn2-c2ccccc2)C1. The number of rotatable bonds is 3. The summed E-state index contributed by atoms with van der Waals surface area (Å²) in [5.74, 6) is 0.384. The number of aromatic nitrogens is 2. The number of hydrogen-bond acceptors (Lipinski definition) is 3. The van der Waals surface area contributed by atoms with Gasteiger partial charge < -0.3 is 0 Å². The molecule has 5 heteroatoms. The zero-order valence-corrected chi connectivity index (χ0v) is 14.5. The fourth-order valence-corrected chi connectivity index (χ4v) is 4.08. The van der Waals surface area contributed by atoms with Crippen molar-refractivity contribution in [1.82, 2.24) is 15.1 Å². The van der Waals surface area contributed by atoms with Crippen LogP contribution >= 0.6 is 0 Å². The molecular formula is C20H23N3O2. The molecule has 2 aromatic rings. The molecule has 130 valence electrons. The molecule has 1 atom stereocenters. The van der Waals surface area contributed by atoms with Crippen molar-refractivity contribution in [2.24, 2.45) is 11.8 Å². The first-order valence-electron chi connectivity index (χ1n) is 9.08. The van der Waals surface area contributed by atoms with Crippen LogP contribution in [0.2, 0.25) is 0 Å². The second kappa shape index (κ2) is 6.47. The lowest BCUT2D eigenvalue weighted by atomic mass is 9.84. The molecule has 0 radical (unpaired) electrons. The van der Waals surface area contributed by atoms with Crippen molar-refractivity contribution in [3.63, 3.8) is 0 Å². The second-order valence-corrected chi connectivity index (χ2v) is 7.42. The van der Waals surface area contributed by atoms with Gasteiger partial charge in [-0.3, -0.25) is 14.9 Å². The van der Waals surface area contributed by atoms with E-state index in [-0.39, 0.29) is 17.7 Å². The number of fused-ring (bicyclic) bond motifs is 1. The predicted molar refractivity (Wildman–Crippen MR) is 94.3 cm³/mol. The normalized spacial score (nSPS) is 21.1. The largest absolute Gasteiger partial charge is 0.296 e. The highest BCUT2D eigenvalue weighted by molar-refractivity contribution is 5.97. The maximum Gasteiger partial charge on any atom is 0.226 e. The minimum absolute atomic E-state index is 0.0571. The first-order valence-corrected chi connectivity index (χ1v) is 9.08. The summed E-state index contributed by atoms with van der Waals surface area (Å²) in [4.78, 5) is 23.4. The smallest absolute Gasteiger partial charge is 0.226 e. The minimum atomic E-state index is -0.161. The summed E-state index contributed by atoms with van der Waals surface area (Å²) in [6, 6.07) is 10.2. The number of carbonyl (C=O) groups excluding carboxylic acids is 2. The zero-order chi connectivity index (χ0) is 17.4. The molecule has 1 aromatic heterocycles. The second-order valence-electron chi connectivity index (χ2n) is 7.42. The van der Waals surface area contributed by atoms with Gasteiger partial charge in [0.1, 0.15) is 0 Å². The van der Waals surface area contributed by atoms with Gasteiger partial charge >= 0.3 is 0 Å². The molecule has 25 heavy (non-hydrogen) atoms. The Morgan fingerprint density at radius 1 is 1.12 bits per heavy atom. The van der Waals surface area contributed by atoms with Crippen molar-refractivity contribution in [3.8, 4) is 5.69 Å². The molecule has 4 rings (SSSR count). The van der Waals surface area contributed by atoms with E-state index in [1.54, 1.807) is 0 Å². The third-order valence-electron chi connectivity index (χ3n) is 5.31. The van der Waals surface area contributed by atoms with Gasteiger partial charge in [0.05, 0.1) is 11.4 Å². The molecule has 1 N–H and O–H groups in total. The van der Waals surface area contributed by atoms with Gasteiger partial charge in [-0.1, -0.05) is 25.1 Å². The van der Waals surface area contributed by atoms with Crippen LogP contribution in [0.4, 0.5) is 0 Å². The van der Waals surface area contributed by atoms with Crippen LogP contribution in [-0.4, -0.2) is 21.6 Å². The van der Waals surface area contributed by atoms with Gasteiger partial charge in [-0.2, -0.15) is 5.10 Å². The van der Waals surface area contributed by atoms with Gasteiger partial charge in [0.2, 0.25) is 11.8 Å². The van der Waals surface area contributed by atoms with E-state index in [0.29, 0.717) is 25.2 Å². The number of carbonyl (C=O) groups is 2. The molecule has 1 aliphatic heterocycles. The lowest BCUT2D eigenvalue weighted by Gasteiger charge is -2.22. The van der Waals surface area contributed by atoms with E-state index in [0.717, 1.165) is 24.2 Å². The van der Waals surface area contributed by atoms with Crippen molar-refractivity contribution < 1.29 is 9.59 Å². The summed E-state index contributed by atoms with van der Waals surface area (Å²) in [7, 11) is 0. The molecule has 2 heterocycles. The number of piperidine rings is 1. The van der Waals surface area contributed by atoms with Gasteiger partial charge in [0.25, 0.3) is 0 Å². The number of benzene rings is 1. The van der Waals surface area contributed by atoms with Crippen molar-refractivity contribution in [2.45, 2.75) is 45.4 Å². The quantitative estimate of drug-likeness (QED) is 0.876. The lowest BCUT2D eigenvalue weighted by molar-refractivity contribution is -0.134. The van der Waals surface area contributed by atoms with Crippen molar-refractivity contribution in [3.05, 3.63) is 47.3 Å². The molecular weight excluding hydrogens is 314 g/mol. The Morgan fingerprint density at radius 2 is 1.84 bits per heavy atom. The van der Waals surface area contributed by atoms with Crippen molar-refractivity contribution >= 4 is 11.8 Å². The zero-order valence-electron chi connectivity index (χ0n) is 14.5. The molecule has 0 unspecified atom stereocenters. The number of para-hydroxylation sites is 1. The predicted octanol–water partition coefficient (Wildman–Crippen LogP) is 2.59. The van der Waals surface area contributed by atoms with Gasteiger partial charge in [0.15, 0.2) is 0 Å². The highest BCUT2D eigenvalue weighted by Crippen LogP contribution is 2.32. The molecule has 0 saturated carbocycles. The van der Waals surface area contributed by atoms with Crippen LogP contribution in [0, 0.1) is 11.8 Å². The van der Waals surface area contributed by atoms with Crippen LogP contribution < -0.4 is 5.32 Å². The Morgan fingerprint density at radius 3 is 2.56 bits per heavy atom. The van der Waals surface area contributed by atoms with Crippen LogP contribution in [0.3, 0.4) is 0 Å². The summed E-state index contributed by atoms with van der Waals surface area (Å²) in [5, 5.41) is 7.31. The Balaban J connectivity index is 1.69. The average Bonchev–Trinajstić information content (AvgIpc) is 2.92. The van der Waals surface area contributed by atoms with Gasteiger partial charge in [-0.25, -0.2) is 4.68 Å². The highest BCUT2D eigenvalue weighted by atomic mass is 16.2. The van der Waals surface area contributed by atoms with E-state index < -0.39 is 0 Å². The van der Waals surface area contributed by atoms with Crippen LogP contribution in [0.5, 0.6) is 0 Å². The van der Waals surface area contributed by atoms with Crippen molar-refractivity contribution in [1.29, 1.82) is 0 Å². The van der Waals surface area contributed by atoms with Crippen molar-refractivity contribution in [2.75, 3.05) is 0 Å². The van der Waals surface area contributed by atoms with E-state index >= 15 is 0 Å². The maximum atomic E-state index is 11.7. The first kappa shape index (κ1) is 16.1. The topological polar surface area (TPSA) is 64.0 Å². The lowest BCUT2D eigenvalue weighted by Crippen LogP contribution is -2.39. The van der Waals surface area contributed by atoms with Crippen LogP contribution in [0.25, 0.3) is 5.69 Å². The van der Waals surface area contributed by atoms with E-state index in [4.69, 9.17) is 5.10 Å². The molecule has 0 spiro atoms. The molecule has 1 fully saturated rings. The van der Waals surface area contributed by atoms with E-state index in [1.165, 1.54) is 17.7 Å². The molecule has 2 amide bonds. The van der Waals surface area contributed by atoms with Gasteiger partial charge in [-0.15, -0.1) is 0 Å². The standard InChI is InChI=1S/C20H23N3O2/c1-13-7-8-18-16(9-13)17(10-14-11-19(24)21-20(25)12-14)22-23(18)15-5-3-2-4-6-15/h2-6,13-14H,7-12H2,1H3,(H,21,24,25)/t13-/m1/s1. The van der Waals surface area contributed by atoms with Crippen LogP contribution in [0.1, 0.15) is 43.1 Å². The molecule has 5 nitrogen and oxygen atoms in total. The monoisotopic (exact) mass is 337 g/mol. The van der Waals surface area contributed by atoms with E-state index in [9.17, 15) is 9.59 Å². The number of nitrogens with zero attached hydrogens (tertiary/aromatic N) is 2. The highest BCUT2D eigenvalue weighted by Gasteiger charge is 2.30. The van der Waals surface area contributed by atoms with Crippen LogP contribution in [0.15, 0.2) is 30.3 Å². The van der Waals surface area contributed by atoms with Gasteiger partial charge in [-0.05, 0) is 55.2 Å². The number of amides is 2. The van der Waals surface area contributed by atoms with E-state index in [1.807, 2.05) is 18.2 Å². The Kier molecular flexibility index (Phi) is 4.15. The Labute approximate surface area is 147 Å². The summed E-state index contributed by atoms with van der Waals surface area (Å²) >= 11 is 0. The summed E-state index contributed by atoms with van der Waals surface area (Å²) in [5.41, 5.74) is 4.78. The summed E-state index contributed by atoms with van der Waals surface area (Å²) in [6.07, 6.45) is 4.76. The van der Waals surface area contributed by atoms with E-state index in [2.05, 4.69) is 29.1 Å². The fraction of sp³-hybridized carbons (Fsp3) is 0.450. The third kappa shape index (κ3) is 3.23. The average molecular weight is 337 g/mol. The third-order valence-corrected chi connectivity index (χ3v) is 5.31.